The Balaban J connectivity index is 1.76. The topological polar surface area (TPSA) is 40.6 Å². The molecule has 0 aliphatic carbocycles. The standard InChI is InChI=1S/C18H21BrN2O2S/c1-14-7-8-17(15(2)13-14)20-9-11-21(12-10-20)24(22,23)18-6-4-3-5-16(18)19/h3-8,13H,9-12H2,1-2H3. The molecule has 1 heterocycles. The van der Waals surface area contributed by atoms with E-state index in [4.69, 9.17) is 0 Å². The van der Waals surface area contributed by atoms with Gasteiger partial charge < -0.3 is 4.90 Å². The molecule has 1 aliphatic heterocycles. The lowest BCUT2D eigenvalue weighted by atomic mass is 10.1. The fourth-order valence-corrected chi connectivity index (χ4v) is 5.51. The summed E-state index contributed by atoms with van der Waals surface area (Å²) in [4.78, 5) is 2.60. The van der Waals surface area contributed by atoms with Crippen LogP contribution in [0.15, 0.2) is 51.8 Å². The summed E-state index contributed by atoms with van der Waals surface area (Å²) in [5.74, 6) is 0. The first-order valence-corrected chi connectivity index (χ1v) is 10.2. The largest absolute Gasteiger partial charge is 0.369 e. The number of halogens is 1. The average molecular weight is 409 g/mol. The van der Waals surface area contributed by atoms with E-state index in [-0.39, 0.29) is 0 Å². The second-order valence-electron chi connectivity index (χ2n) is 6.11. The summed E-state index contributed by atoms with van der Waals surface area (Å²) in [5, 5.41) is 0. The van der Waals surface area contributed by atoms with Crippen LogP contribution < -0.4 is 4.90 Å². The predicted molar refractivity (Wildman–Crippen MR) is 101 cm³/mol. The van der Waals surface area contributed by atoms with Gasteiger partial charge in [-0.25, -0.2) is 8.42 Å². The van der Waals surface area contributed by atoms with Gasteiger partial charge in [-0.1, -0.05) is 29.8 Å². The van der Waals surface area contributed by atoms with Crippen molar-refractivity contribution in [3.63, 3.8) is 0 Å². The van der Waals surface area contributed by atoms with Gasteiger partial charge in [-0.15, -0.1) is 0 Å². The van der Waals surface area contributed by atoms with Crippen molar-refractivity contribution >= 4 is 31.6 Å². The first-order valence-electron chi connectivity index (χ1n) is 7.96. The maximum absolute atomic E-state index is 12.8. The van der Waals surface area contributed by atoms with Gasteiger partial charge in [-0.2, -0.15) is 4.31 Å². The molecule has 0 unspecified atom stereocenters. The third-order valence-electron chi connectivity index (χ3n) is 4.39. The van der Waals surface area contributed by atoms with Gasteiger partial charge in [0.1, 0.15) is 0 Å². The predicted octanol–water partition coefficient (Wildman–Crippen LogP) is 3.58. The van der Waals surface area contributed by atoms with Gasteiger partial charge in [0.2, 0.25) is 10.0 Å². The Bertz CT molecular complexity index is 844. The highest BCUT2D eigenvalue weighted by atomic mass is 79.9. The molecule has 0 bridgehead atoms. The first-order chi connectivity index (χ1) is 11.4. The van der Waals surface area contributed by atoms with Crippen LogP contribution in [0.5, 0.6) is 0 Å². The van der Waals surface area contributed by atoms with Crippen molar-refractivity contribution in [2.45, 2.75) is 18.7 Å². The van der Waals surface area contributed by atoms with Crippen molar-refractivity contribution in [3.8, 4) is 0 Å². The molecule has 1 saturated heterocycles. The number of sulfonamides is 1. The number of nitrogens with zero attached hydrogens (tertiary/aromatic N) is 2. The smallest absolute Gasteiger partial charge is 0.244 e. The Kier molecular flexibility index (Phi) is 4.99. The number of aryl methyl sites for hydroxylation is 2. The molecule has 1 aliphatic rings. The van der Waals surface area contributed by atoms with E-state index in [0.29, 0.717) is 35.5 Å². The van der Waals surface area contributed by atoms with Crippen LogP contribution in [0.25, 0.3) is 0 Å². The second-order valence-corrected chi connectivity index (χ2v) is 8.87. The highest BCUT2D eigenvalue weighted by Gasteiger charge is 2.30. The van der Waals surface area contributed by atoms with Crippen LogP contribution in [-0.4, -0.2) is 38.9 Å². The summed E-state index contributed by atoms with van der Waals surface area (Å²) in [5.41, 5.74) is 3.67. The van der Waals surface area contributed by atoms with E-state index in [1.807, 2.05) is 6.07 Å². The van der Waals surface area contributed by atoms with Crippen LogP contribution >= 0.6 is 15.9 Å². The van der Waals surface area contributed by atoms with E-state index in [0.717, 1.165) is 0 Å². The van der Waals surface area contributed by atoms with Crippen molar-refractivity contribution in [3.05, 3.63) is 58.1 Å². The lowest BCUT2D eigenvalue weighted by Gasteiger charge is -2.36. The molecule has 24 heavy (non-hydrogen) atoms. The molecule has 0 radical (unpaired) electrons. The third-order valence-corrected chi connectivity index (χ3v) is 7.30. The summed E-state index contributed by atoms with van der Waals surface area (Å²) >= 11 is 3.35. The van der Waals surface area contributed by atoms with Gasteiger partial charge in [0.15, 0.2) is 0 Å². The lowest BCUT2D eigenvalue weighted by molar-refractivity contribution is 0.384. The normalized spacial score (nSPS) is 16.4. The minimum absolute atomic E-state index is 0.338. The van der Waals surface area contributed by atoms with Crippen LogP contribution in [-0.2, 0) is 10.0 Å². The zero-order valence-electron chi connectivity index (χ0n) is 13.9. The van der Waals surface area contributed by atoms with E-state index < -0.39 is 10.0 Å². The second kappa shape index (κ2) is 6.86. The molecule has 3 rings (SSSR count). The molecule has 0 aromatic heterocycles. The fourth-order valence-electron chi connectivity index (χ4n) is 3.12. The molecule has 0 atom stereocenters. The number of anilines is 1. The third kappa shape index (κ3) is 3.36. The summed E-state index contributed by atoms with van der Waals surface area (Å²) < 4.78 is 27.9. The maximum atomic E-state index is 12.8. The molecular formula is C18H21BrN2O2S. The van der Waals surface area contributed by atoms with Gasteiger partial charge in [0, 0.05) is 36.3 Å². The molecule has 6 heteroatoms. The Labute approximate surface area is 152 Å². The van der Waals surface area contributed by atoms with Crippen LogP contribution in [0.4, 0.5) is 5.69 Å². The van der Waals surface area contributed by atoms with E-state index in [1.54, 1.807) is 22.5 Å². The molecule has 1 fully saturated rings. The fraction of sp³-hybridized carbons (Fsp3) is 0.333. The summed E-state index contributed by atoms with van der Waals surface area (Å²) in [7, 11) is -3.46. The van der Waals surface area contributed by atoms with Crippen molar-refractivity contribution < 1.29 is 8.42 Å². The van der Waals surface area contributed by atoms with Crippen molar-refractivity contribution in [1.29, 1.82) is 0 Å². The molecule has 2 aromatic carbocycles. The first kappa shape index (κ1) is 17.5. The zero-order chi connectivity index (χ0) is 17.3. The molecule has 4 nitrogen and oxygen atoms in total. The van der Waals surface area contributed by atoms with Gasteiger partial charge >= 0.3 is 0 Å². The van der Waals surface area contributed by atoms with Crippen molar-refractivity contribution in [2.75, 3.05) is 31.1 Å². The molecule has 0 saturated carbocycles. The van der Waals surface area contributed by atoms with Gasteiger partial charge in [0.05, 0.1) is 4.90 Å². The lowest BCUT2D eigenvalue weighted by Crippen LogP contribution is -2.48. The number of rotatable bonds is 3. The Morgan fingerprint density at radius 1 is 0.958 bits per heavy atom. The molecule has 2 aromatic rings. The van der Waals surface area contributed by atoms with Crippen LogP contribution in [0.2, 0.25) is 0 Å². The van der Waals surface area contributed by atoms with Crippen LogP contribution in [0.3, 0.4) is 0 Å². The number of piperazine rings is 1. The number of hydrogen-bond acceptors (Lipinski definition) is 3. The molecule has 0 N–H and O–H groups in total. The summed E-state index contributed by atoms with van der Waals surface area (Å²) in [6.07, 6.45) is 0. The van der Waals surface area contributed by atoms with Gasteiger partial charge in [0.25, 0.3) is 0 Å². The van der Waals surface area contributed by atoms with Gasteiger partial charge in [-0.3, -0.25) is 0 Å². The number of benzene rings is 2. The SMILES string of the molecule is Cc1ccc(N2CCN(S(=O)(=O)c3ccccc3Br)CC2)c(C)c1. The zero-order valence-corrected chi connectivity index (χ0v) is 16.3. The van der Waals surface area contributed by atoms with E-state index in [1.165, 1.54) is 16.8 Å². The monoisotopic (exact) mass is 408 g/mol. The van der Waals surface area contributed by atoms with Gasteiger partial charge in [-0.05, 0) is 53.5 Å². The van der Waals surface area contributed by atoms with E-state index >= 15 is 0 Å². The summed E-state index contributed by atoms with van der Waals surface area (Å²) in [6.45, 7) is 6.58. The molecular weight excluding hydrogens is 388 g/mol. The molecule has 0 amide bonds. The van der Waals surface area contributed by atoms with E-state index in [2.05, 4.69) is 52.9 Å². The van der Waals surface area contributed by atoms with Crippen LogP contribution in [0.1, 0.15) is 11.1 Å². The van der Waals surface area contributed by atoms with E-state index in [9.17, 15) is 8.42 Å². The highest BCUT2D eigenvalue weighted by molar-refractivity contribution is 9.10. The summed E-state index contributed by atoms with van der Waals surface area (Å²) in [6, 6.07) is 13.4. The molecule has 128 valence electrons. The highest BCUT2D eigenvalue weighted by Crippen LogP contribution is 2.27. The minimum Gasteiger partial charge on any atom is -0.369 e. The Hall–Kier alpha value is -1.37. The quantitative estimate of drug-likeness (QED) is 0.778. The Morgan fingerprint density at radius 3 is 2.25 bits per heavy atom. The van der Waals surface area contributed by atoms with Crippen molar-refractivity contribution in [1.82, 2.24) is 4.31 Å². The van der Waals surface area contributed by atoms with Crippen LogP contribution in [0, 0.1) is 13.8 Å². The minimum atomic E-state index is -3.46. The Morgan fingerprint density at radius 2 is 1.62 bits per heavy atom. The maximum Gasteiger partial charge on any atom is 0.244 e. The average Bonchev–Trinajstić information content (AvgIpc) is 2.55. The van der Waals surface area contributed by atoms with Crippen molar-refractivity contribution in [2.24, 2.45) is 0 Å². The number of hydrogen-bond donors (Lipinski definition) is 0. The molecule has 0 spiro atoms.